The molecule has 0 bridgehead atoms. The summed E-state index contributed by atoms with van der Waals surface area (Å²) < 4.78 is 0. The number of aromatic carboxylic acids is 1. The summed E-state index contributed by atoms with van der Waals surface area (Å²) in [6.07, 6.45) is 0. The maximum absolute atomic E-state index is 10.6. The molecule has 0 fully saturated rings. The fourth-order valence-corrected chi connectivity index (χ4v) is 1.35. The lowest BCUT2D eigenvalue weighted by atomic mass is 10.0. The van der Waals surface area contributed by atoms with Gasteiger partial charge in [0.1, 0.15) is 6.07 Å². The predicted octanol–water partition coefficient (Wildman–Crippen LogP) is 1.37. The van der Waals surface area contributed by atoms with Gasteiger partial charge in [-0.3, -0.25) is 0 Å². The normalized spacial score (nSPS) is 9.50. The zero-order valence-corrected chi connectivity index (χ0v) is 7.88. The maximum Gasteiger partial charge on any atom is 0.335 e. The van der Waals surface area contributed by atoms with Gasteiger partial charge in [-0.2, -0.15) is 5.26 Å². The molecule has 0 saturated heterocycles. The summed E-state index contributed by atoms with van der Waals surface area (Å²) in [6.45, 7) is 0.0870. The molecule has 0 unspecified atom stereocenters. The number of halogens is 1. The minimum atomic E-state index is -1.09. The second-order valence-electron chi connectivity index (χ2n) is 2.61. The summed E-state index contributed by atoms with van der Waals surface area (Å²) in [6, 6.07) is 4.47. The van der Waals surface area contributed by atoms with Gasteiger partial charge < -0.3 is 10.8 Å². The van der Waals surface area contributed by atoms with Gasteiger partial charge in [0, 0.05) is 6.54 Å². The first-order chi connectivity index (χ1) is 6.60. The Morgan fingerprint density at radius 2 is 2.29 bits per heavy atom. The molecule has 0 radical (unpaired) electrons. The molecule has 0 heterocycles. The van der Waals surface area contributed by atoms with Gasteiger partial charge in [-0.25, -0.2) is 4.79 Å². The molecular formula is C9H7ClN2O2. The number of hydrogen-bond donors (Lipinski definition) is 2. The van der Waals surface area contributed by atoms with Crippen molar-refractivity contribution < 1.29 is 9.90 Å². The largest absolute Gasteiger partial charge is 0.478 e. The molecule has 3 N–H and O–H groups in total. The number of rotatable bonds is 2. The molecule has 1 rings (SSSR count). The van der Waals surface area contributed by atoms with Crippen LogP contribution in [-0.2, 0) is 6.54 Å². The lowest BCUT2D eigenvalue weighted by Crippen LogP contribution is -2.04. The summed E-state index contributed by atoms with van der Waals surface area (Å²) in [5.74, 6) is -1.09. The van der Waals surface area contributed by atoms with Gasteiger partial charge in [-0.1, -0.05) is 11.6 Å². The van der Waals surface area contributed by atoms with Gasteiger partial charge in [0.05, 0.1) is 16.1 Å². The summed E-state index contributed by atoms with van der Waals surface area (Å²) in [7, 11) is 0. The van der Waals surface area contributed by atoms with E-state index in [1.54, 1.807) is 0 Å². The Balaban J connectivity index is 3.40. The van der Waals surface area contributed by atoms with Gasteiger partial charge in [0.15, 0.2) is 0 Å². The number of nitrogens with two attached hydrogens (primary N) is 1. The van der Waals surface area contributed by atoms with Crippen LogP contribution < -0.4 is 5.73 Å². The number of nitriles is 1. The average molecular weight is 211 g/mol. The van der Waals surface area contributed by atoms with Crippen LogP contribution in [0.25, 0.3) is 0 Å². The van der Waals surface area contributed by atoms with Crippen molar-refractivity contribution in [3.63, 3.8) is 0 Å². The average Bonchev–Trinajstić information content (AvgIpc) is 2.16. The second kappa shape index (κ2) is 4.09. The van der Waals surface area contributed by atoms with E-state index < -0.39 is 5.97 Å². The summed E-state index contributed by atoms with van der Waals surface area (Å²) in [5, 5.41) is 17.6. The van der Waals surface area contributed by atoms with E-state index in [-0.39, 0.29) is 22.7 Å². The zero-order chi connectivity index (χ0) is 10.7. The molecule has 0 aromatic heterocycles. The van der Waals surface area contributed by atoms with Crippen LogP contribution in [0.2, 0.25) is 5.02 Å². The van der Waals surface area contributed by atoms with Crippen molar-refractivity contribution in [2.24, 2.45) is 5.73 Å². The molecule has 0 aliphatic carbocycles. The van der Waals surface area contributed by atoms with Crippen molar-refractivity contribution in [1.29, 1.82) is 5.26 Å². The fraction of sp³-hybridized carbons (Fsp3) is 0.111. The molecule has 4 nitrogen and oxygen atoms in total. The first-order valence-corrected chi connectivity index (χ1v) is 4.13. The number of carboxylic acid groups (broad SMARTS) is 1. The Morgan fingerprint density at radius 1 is 1.64 bits per heavy atom. The van der Waals surface area contributed by atoms with E-state index >= 15 is 0 Å². The number of nitrogens with zero attached hydrogens (tertiary/aromatic N) is 1. The summed E-state index contributed by atoms with van der Waals surface area (Å²) in [5.41, 5.74) is 6.08. The molecule has 0 aliphatic heterocycles. The quantitative estimate of drug-likeness (QED) is 0.772. The third kappa shape index (κ3) is 1.84. The van der Waals surface area contributed by atoms with E-state index in [1.165, 1.54) is 12.1 Å². The van der Waals surface area contributed by atoms with E-state index in [0.29, 0.717) is 5.56 Å². The van der Waals surface area contributed by atoms with Crippen LogP contribution in [0.3, 0.4) is 0 Å². The van der Waals surface area contributed by atoms with Gasteiger partial charge in [-0.15, -0.1) is 0 Å². The number of hydrogen-bond acceptors (Lipinski definition) is 3. The third-order valence-corrected chi connectivity index (χ3v) is 2.05. The van der Waals surface area contributed by atoms with Crippen molar-refractivity contribution in [2.45, 2.75) is 6.54 Å². The highest BCUT2D eigenvalue weighted by atomic mass is 35.5. The van der Waals surface area contributed by atoms with E-state index in [1.807, 2.05) is 6.07 Å². The Kier molecular flexibility index (Phi) is 3.07. The van der Waals surface area contributed by atoms with Gasteiger partial charge in [-0.05, 0) is 17.7 Å². The van der Waals surface area contributed by atoms with Crippen LogP contribution in [0, 0.1) is 11.3 Å². The fourth-order valence-electron chi connectivity index (χ4n) is 1.07. The van der Waals surface area contributed by atoms with E-state index in [4.69, 9.17) is 27.7 Å². The van der Waals surface area contributed by atoms with Crippen molar-refractivity contribution in [2.75, 3.05) is 0 Å². The predicted molar refractivity (Wildman–Crippen MR) is 51.0 cm³/mol. The SMILES string of the molecule is N#Cc1c(Cl)cc(C(=O)O)cc1CN. The van der Waals surface area contributed by atoms with E-state index in [2.05, 4.69) is 0 Å². The number of carbonyl (C=O) groups is 1. The Labute approximate surface area is 85.5 Å². The molecule has 0 aliphatic rings. The van der Waals surface area contributed by atoms with Crippen LogP contribution in [0.4, 0.5) is 0 Å². The topological polar surface area (TPSA) is 87.1 Å². The second-order valence-corrected chi connectivity index (χ2v) is 3.02. The smallest absolute Gasteiger partial charge is 0.335 e. The highest BCUT2D eigenvalue weighted by Crippen LogP contribution is 2.21. The zero-order valence-electron chi connectivity index (χ0n) is 7.12. The molecule has 0 amide bonds. The van der Waals surface area contributed by atoms with Crippen molar-refractivity contribution in [3.05, 3.63) is 33.8 Å². The van der Waals surface area contributed by atoms with Crippen molar-refractivity contribution in [1.82, 2.24) is 0 Å². The first-order valence-electron chi connectivity index (χ1n) is 3.76. The Morgan fingerprint density at radius 3 is 2.71 bits per heavy atom. The molecule has 0 atom stereocenters. The summed E-state index contributed by atoms with van der Waals surface area (Å²) >= 11 is 5.72. The number of carboxylic acids is 1. The summed E-state index contributed by atoms with van der Waals surface area (Å²) in [4.78, 5) is 10.6. The number of benzene rings is 1. The molecule has 5 heteroatoms. The van der Waals surface area contributed by atoms with Crippen LogP contribution >= 0.6 is 11.6 Å². The molecule has 72 valence electrons. The lowest BCUT2D eigenvalue weighted by Gasteiger charge is -2.04. The first kappa shape index (κ1) is 10.5. The highest BCUT2D eigenvalue weighted by Gasteiger charge is 2.11. The van der Waals surface area contributed by atoms with E-state index in [0.717, 1.165) is 0 Å². The monoisotopic (exact) mass is 210 g/mol. The van der Waals surface area contributed by atoms with Crippen molar-refractivity contribution >= 4 is 17.6 Å². The minimum Gasteiger partial charge on any atom is -0.478 e. The Bertz CT molecular complexity index is 424. The van der Waals surface area contributed by atoms with Crippen molar-refractivity contribution in [3.8, 4) is 6.07 Å². The van der Waals surface area contributed by atoms with Crippen LogP contribution in [0.15, 0.2) is 12.1 Å². The maximum atomic E-state index is 10.6. The van der Waals surface area contributed by atoms with Crippen LogP contribution in [-0.4, -0.2) is 11.1 Å². The van der Waals surface area contributed by atoms with Gasteiger partial charge in [0.2, 0.25) is 0 Å². The highest BCUT2D eigenvalue weighted by molar-refractivity contribution is 6.32. The molecule has 1 aromatic carbocycles. The van der Waals surface area contributed by atoms with Gasteiger partial charge in [0.25, 0.3) is 0 Å². The van der Waals surface area contributed by atoms with E-state index in [9.17, 15) is 4.79 Å². The van der Waals surface area contributed by atoms with Crippen LogP contribution in [0.1, 0.15) is 21.5 Å². The minimum absolute atomic E-state index is 0.0365. The molecular weight excluding hydrogens is 204 g/mol. The lowest BCUT2D eigenvalue weighted by molar-refractivity contribution is 0.0697. The van der Waals surface area contributed by atoms with Crippen LogP contribution in [0.5, 0.6) is 0 Å². The van der Waals surface area contributed by atoms with Gasteiger partial charge >= 0.3 is 5.97 Å². The third-order valence-electron chi connectivity index (χ3n) is 1.75. The molecule has 1 aromatic rings. The molecule has 0 spiro atoms. The standard InChI is InChI=1S/C9H7ClN2O2/c10-8-2-5(9(13)14)1-6(3-11)7(8)4-12/h1-2H,3,11H2,(H,13,14). The Hall–Kier alpha value is -1.57. The molecule has 0 saturated carbocycles. The molecule has 14 heavy (non-hydrogen) atoms.